The van der Waals surface area contributed by atoms with Gasteiger partial charge in [0.1, 0.15) is 11.2 Å². The summed E-state index contributed by atoms with van der Waals surface area (Å²) in [7, 11) is 0. The van der Waals surface area contributed by atoms with Gasteiger partial charge in [-0.25, -0.2) is 15.0 Å². The Morgan fingerprint density at radius 1 is 0.327 bits per heavy atom. The Balaban J connectivity index is 1.32. The van der Waals surface area contributed by atoms with Crippen molar-refractivity contribution in [2.75, 3.05) is 0 Å². The molecule has 0 aliphatic heterocycles. The van der Waals surface area contributed by atoms with E-state index in [1.54, 1.807) is 0 Å². The molecule has 0 saturated heterocycles. The van der Waals surface area contributed by atoms with Crippen LogP contribution in [0.25, 0.3) is 99.5 Å². The second-order valence-corrected chi connectivity index (χ2v) is 12.3. The molecule has 0 spiro atoms. The molecule has 0 radical (unpaired) electrons. The molecule has 228 valence electrons. The van der Waals surface area contributed by atoms with Gasteiger partial charge in [-0.2, -0.15) is 0 Å². The number of fused-ring (bicyclic) bond motifs is 9. The van der Waals surface area contributed by atoms with E-state index < -0.39 is 0 Å². The van der Waals surface area contributed by atoms with E-state index in [1.165, 1.54) is 32.3 Å². The zero-order valence-corrected chi connectivity index (χ0v) is 26.3. The van der Waals surface area contributed by atoms with Gasteiger partial charge in [-0.1, -0.05) is 140 Å². The maximum Gasteiger partial charge on any atom is 0.164 e. The minimum absolute atomic E-state index is 0.610. The highest BCUT2D eigenvalue weighted by atomic mass is 16.3. The van der Waals surface area contributed by atoms with Gasteiger partial charge in [0, 0.05) is 33.0 Å². The Labute approximate surface area is 282 Å². The van der Waals surface area contributed by atoms with Gasteiger partial charge in [-0.3, -0.25) is 0 Å². The molecule has 0 saturated carbocycles. The van der Waals surface area contributed by atoms with Crippen LogP contribution in [-0.4, -0.2) is 15.0 Å². The average molecular weight is 626 g/mol. The van der Waals surface area contributed by atoms with E-state index in [4.69, 9.17) is 19.4 Å². The van der Waals surface area contributed by atoms with Crippen LogP contribution >= 0.6 is 0 Å². The summed E-state index contributed by atoms with van der Waals surface area (Å²) in [6.45, 7) is 0. The first-order chi connectivity index (χ1) is 24.3. The van der Waals surface area contributed by atoms with Crippen LogP contribution in [0.5, 0.6) is 0 Å². The van der Waals surface area contributed by atoms with E-state index in [0.29, 0.717) is 17.5 Å². The fourth-order valence-electron chi connectivity index (χ4n) is 7.30. The van der Waals surface area contributed by atoms with E-state index in [-0.39, 0.29) is 0 Å². The highest BCUT2D eigenvalue weighted by Crippen LogP contribution is 2.44. The molecule has 8 aromatic carbocycles. The van der Waals surface area contributed by atoms with Crippen molar-refractivity contribution < 1.29 is 4.42 Å². The summed E-state index contributed by atoms with van der Waals surface area (Å²) in [6, 6.07) is 56.8. The second-order valence-electron chi connectivity index (χ2n) is 12.3. The van der Waals surface area contributed by atoms with E-state index >= 15 is 0 Å². The first-order valence-corrected chi connectivity index (χ1v) is 16.5. The van der Waals surface area contributed by atoms with Crippen LogP contribution in [0.3, 0.4) is 0 Å². The molecule has 0 unspecified atom stereocenters. The first kappa shape index (κ1) is 27.5. The predicted molar refractivity (Wildman–Crippen MR) is 201 cm³/mol. The van der Waals surface area contributed by atoms with Crippen molar-refractivity contribution in [1.82, 2.24) is 15.0 Å². The van der Waals surface area contributed by atoms with E-state index in [0.717, 1.165) is 49.8 Å². The monoisotopic (exact) mass is 625 g/mol. The van der Waals surface area contributed by atoms with Gasteiger partial charge < -0.3 is 4.42 Å². The predicted octanol–water partition coefficient (Wildman–Crippen LogP) is 11.9. The quantitative estimate of drug-likeness (QED) is 0.183. The Hall–Kier alpha value is -6.65. The number of nitrogens with zero attached hydrogens (tertiary/aromatic N) is 3. The molecule has 0 bridgehead atoms. The molecule has 2 heterocycles. The van der Waals surface area contributed by atoms with E-state index in [2.05, 4.69) is 84.9 Å². The van der Waals surface area contributed by atoms with Gasteiger partial charge in [-0.05, 0) is 62.1 Å². The minimum atomic E-state index is 0.610. The molecule has 10 rings (SSSR count). The third-order valence-electron chi connectivity index (χ3n) is 9.52. The Bertz CT molecular complexity index is 2780. The molecule has 0 atom stereocenters. The number of aromatic nitrogens is 3. The van der Waals surface area contributed by atoms with Gasteiger partial charge in [0.25, 0.3) is 0 Å². The fourth-order valence-corrected chi connectivity index (χ4v) is 7.30. The lowest BCUT2D eigenvalue weighted by molar-refractivity contribution is 0.669. The zero-order valence-electron chi connectivity index (χ0n) is 26.3. The van der Waals surface area contributed by atoms with Crippen LogP contribution in [0.2, 0.25) is 0 Å². The lowest BCUT2D eigenvalue weighted by atomic mass is 9.89. The number of hydrogen-bond donors (Lipinski definition) is 0. The van der Waals surface area contributed by atoms with Crippen molar-refractivity contribution in [2.45, 2.75) is 0 Å². The molecule has 0 fully saturated rings. The molecule has 10 aromatic rings. The summed E-state index contributed by atoms with van der Waals surface area (Å²) < 4.78 is 6.45. The molecule has 0 aliphatic carbocycles. The molecule has 0 amide bonds. The molecule has 49 heavy (non-hydrogen) atoms. The van der Waals surface area contributed by atoms with Crippen molar-refractivity contribution in [1.29, 1.82) is 0 Å². The number of furan rings is 1. The van der Waals surface area contributed by atoms with Crippen LogP contribution in [0.4, 0.5) is 0 Å². The first-order valence-electron chi connectivity index (χ1n) is 16.5. The van der Waals surface area contributed by atoms with Gasteiger partial charge in [0.05, 0.1) is 0 Å². The summed E-state index contributed by atoms with van der Waals surface area (Å²) >= 11 is 0. The third-order valence-corrected chi connectivity index (χ3v) is 9.52. The molecular formula is C45H27N3O. The van der Waals surface area contributed by atoms with E-state index in [9.17, 15) is 0 Å². The Morgan fingerprint density at radius 3 is 1.43 bits per heavy atom. The summed E-state index contributed by atoms with van der Waals surface area (Å²) in [4.78, 5) is 15.3. The highest BCUT2D eigenvalue weighted by Gasteiger charge is 2.22. The fraction of sp³-hybridized carbons (Fsp3) is 0. The van der Waals surface area contributed by atoms with Crippen LogP contribution in [0, 0.1) is 0 Å². The summed E-state index contributed by atoms with van der Waals surface area (Å²) in [6.07, 6.45) is 0. The van der Waals surface area contributed by atoms with Crippen LogP contribution < -0.4 is 0 Å². The molecule has 0 aliphatic rings. The zero-order chi connectivity index (χ0) is 32.3. The van der Waals surface area contributed by atoms with Gasteiger partial charge in [0.2, 0.25) is 0 Å². The number of benzene rings is 8. The standard InChI is InChI=1S/C45H27N3O/c1-3-13-28(14-4-1)43-46-44(29-15-5-2-6-16-29)48-45(47-43)37-25-26-40-42(36-21-11-12-22-39(36)49-40)41(37)30-23-24-35-33-19-8-7-17-31(33)32-18-9-10-20-34(32)38(35)27-30/h1-27H. The second kappa shape index (κ2) is 11.0. The van der Waals surface area contributed by atoms with Crippen molar-refractivity contribution in [2.24, 2.45) is 0 Å². The summed E-state index contributed by atoms with van der Waals surface area (Å²) in [5.41, 5.74) is 6.56. The summed E-state index contributed by atoms with van der Waals surface area (Å²) in [5, 5.41) is 9.49. The maximum absolute atomic E-state index is 6.45. The third kappa shape index (κ3) is 4.42. The van der Waals surface area contributed by atoms with Gasteiger partial charge in [-0.15, -0.1) is 0 Å². The van der Waals surface area contributed by atoms with Crippen molar-refractivity contribution in [3.63, 3.8) is 0 Å². The molecular weight excluding hydrogens is 599 g/mol. The highest BCUT2D eigenvalue weighted by molar-refractivity contribution is 6.26. The molecule has 2 aromatic heterocycles. The van der Waals surface area contributed by atoms with Crippen LogP contribution in [-0.2, 0) is 0 Å². The normalized spacial score (nSPS) is 11.7. The lowest BCUT2D eigenvalue weighted by Gasteiger charge is -2.15. The van der Waals surface area contributed by atoms with Crippen LogP contribution in [0.15, 0.2) is 168 Å². The Morgan fingerprint density at radius 2 is 0.816 bits per heavy atom. The SMILES string of the molecule is c1ccc(-c2nc(-c3ccccc3)nc(-c3ccc4oc5ccccc5c4c3-c3ccc4c5ccccc5c5ccccc5c4c3)n2)cc1. The molecule has 4 heteroatoms. The smallest absolute Gasteiger partial charge is 0.164 e. The van der Waals surface area contributed by atoms with Gasteiger partial charge in [0.15, 0.2) is 17.5 Å². The van der Waals surface area contributed by atoms with Crippen molar-refractivity contribution >= 4 is 54.3 Å². The summed E-state index contributed by atoms with van der Waals surface area (Å²) in [5.74, 6) is 1.87. The van der Waals surface area contributed by atoms with E-state index in [1.807, 2.05) is 78.9 Å². The number of hydrogen-bond acceptors (Lipinski definition) is 4. The molecule has 0 N–H and O–H groups in total. The molecule has 4 nitrogen and oxygen atoms in total. The number of rotatable bonds is 4. The minimum Gasteiger partial charge on any atom is -0.456 e. The number of para-hydroxylation sites is 1. The van der Waals surface area contributed by atoms with Crippen molar-refractivity contribution in [3.8, 4) is 45.3 Å². The maximum atomic E-state index is 6.45. The van der Waals surface area contributed by atoms with Gasteiger partial charge >= 0.3 is 0 Å². The lowest BCUT2D eigenvalue weighted by Crippen LogP contribution is -2.01. The Kier molecular flexibility index (Phi) is 6.15. The largest absolute Gasteiger partial charge is 0.456 e. The van der Waals surface area contributed by atoms with Crippen LogP contribution in [0.1, 0.15) is 0 Å². The topological polar surface area (TPSA) is 51.8 Å². The van der Waals surface area contributed by atoms with Crippen molar-refractivity contribution in [3.05, 3.63) is 164 Å². The average Bonchev–Trinajstić information content (AvgIpc) is 3.57.